The van der Waals surface area contributed by atoms with Crippen molar-refractivity contribution in [3.8, 4) is 0 Å². The smallest absolute Gasteiger partial charge is 0.376 e. The van der Waals surface area contributed by atoms with Crippen molar-refractivity contribution >= 4 is 19.4 Å². The predicted molar refractivity (Wildman–Crippen MR) is 85.1 cm³/mol. The lowest BCUT2D eigenvalue weighted by Crippen LogP contribution is -2.21. The Balaban J connectivity index is 1.98. The third-order valence-electron chi connectivity index (χ3n) is 3.38. The summed E-state index contributed by atoms with van der Waals surface area (Å²) in [6, 6.07) is 7.32. The second-order valence-corrected chi connectivity index (χ2v) is 7.06. The lowest BCUT2D eigenvalue weighted by atomic mass is 10.1. The van der Waals surface area contributed by atoms with Crippen LogP contribution in [0.5, 0.6) is 0 Å². The first-order valence-electron chi connectivity index (χ1n) is 7.51. The van der Waals surface area contributed by atoms with Crippen molar-refractivity contribution in [2.24, 2.45) is 0 Å². The Morgan fingerprint density at radius 1 is 1.45 bits per heavy atom. The molecule has 5 nitrogen and oxygen atoms in total. The van der Waals surface area contributed by atoms with Gasteiger partial charge in [-0.05, 0) is 31.0 Å². The van der Waals surface area contributed by atoms with Crippen LogP contribution in [-0.2, 0) is 22.9 Å². The highest BCUT2D eigenvalue weighted by Gasteiger charge is 2.36. The van der Waals surface area contributed by atoms with Crippen LogP contribution >= 0.6 is 19.4 Å². The number of halogens is 1. The molecule has 1 aromatic carbocycles. The number of ether oxygens (including phenoxy) is 1. The summed E-state index contributed by atoms with van der Waals surface area (Å²) < 4.78 is 34.3. The Hall–Kier alpha value is -0.420. The van der Waals surface area contributed by atoms with Crippen molar-refractivity contribution < 1.29 is 22.9 Å². The molecule has 1 aromatic rings. The first kappa shape index (κ1) is 17.9. The molecule has 0 spiro atoms. The van der Waals surface area contributed by atoms with Gasteiger partial charge in [0.1, 0.15) is 0 Å². The number of benzene rings is 1. The molecule has 22 heavy (non-hydrogen) atoms. The van der Waals surface area contributed by atoms with Crippen molar-refractivity contribution in [2.75, 3.05) is 19.8 Å². The third kappa shape index (κ3) is 5.05. The van der Waals surface area contributed by atoms with Gasteiger partial charge in [-0.2, -0.15) is 0 Å². The standard InChI is InChI=1S/C15H22ClO5P/c1-3-14(18-4-2)11-20-22(17)19-9-8-15(21-22)12-6-5-7-13(16)10-12/h5-7,10,14-15H,3-4,8-9,11H2,1-2H3. The molecule has 0 amide bonds. The van der Waals surface area contributed by atoms with Crippen LogP contribution in [0.25, 0.3) is 0 Å². The van der Waals surface area contributed by atoms with Crippen molar-refractivity contribution in [1.29, 1.82) is 0 Å². The summed E-state index contributed by atoms with van der Waals surface area (Å²) in [4.78, 5) is 0. The Kier molecular flexibility index (Phi) is 6.87. The maximum atomic E-state index is 12.6. The Morgan fingerprint density at radius 2 is 2.27 bits per heavy atom. The van der Waals surface area contributed by atoms with Gasteiger partial charge < -0.3 is 4.74 Å². The molecule has 2 rings (SSSR count). The van der Waals surface area contributed by atoms with Gasteiger partial charge in [0.2, 0.25) is 0 Å². The van der Waals surface area contributed by atoms with Gasteiger partial charge in [0, 0.05) is 18.1 Å². The van der Waals surface area contributed by atoms with Crippen LogP contribution in [0.15, 0.2) is 24.3 Å². The van der Waals surface area contributed by atoms with Crippen molar-refractivity contribution in [3.05, 3.63) is 34.9 Å². The molecular weight excluding hydrogens is 327 g/mol. The van der Waals surface area contributed by atoms with E-state index in [1.165, 1.54) is 0 Å². The lowest BCUT2D eigenvalue weighted by Gasteiger charge is -2.30. The molecule has 1 heterocycles. The van der Waals surface area contributed by atoms with Crippen LogP contribution in [0.4, 0.5) is 0 Å². The Morgan fingerprint density at radius 3 is 2.95 bits per heavy atom. The molecule has 0 aliphatic carbocycles. The molecule has 0 aromatic heterocycles. The van der Waals surface area contributed by atoms with Crippen LogP contribution in [-0.4, -0.2) is 25.9 Å². The molecule has 0 saturated carbocycles. The lowest BCUT2D eigenvalue weighted by molar-refractivity contribution is -0.0134. The van der Waals surface area contributed by atoms with Gasteiger partial charge in [-0.3, -0.25) is 13.6 Å². The van der Waals surface area contributed by atoms with Gasteiger partial charge in [-0.15, -0.1) is 0 Å². The zero-order valence-corrected chi connectivity index (χ0v) is 14.5. The van der Waals surface area contributed by atoms with E-state index in [1.54, 1.807) is 12.1 Å². The van der Waals surface area contributed by atoms with Crippen LogP contribution in [0, 0.1) is 0 Å². The van der Waals surface area contributed by atoms with Crippen LogP contribution in [0.2, 0.25) is 5.02 Å². The zero-order chi connectivity index (χ0) is 16.0. The van der Waals surface area contributed by atoms with Gasteiger partial charge in [-0.1, -0.05) is 30.7 Å². The minimum absolute atomic E-state index is 0.116. The summed E-state index contributed by atoms with van der Waals surface area (Å²) in [6.45, 7) is 4.98. The number of hydrogen-bond donors (Lipinski definition) is 0. The fourth-order valence-electron chi connectivity index (χ4n) is 2.21. The van der Waals surface area contributed by atoms with E-state index in [-0.39, 0.29) is 18.8 Å². The summed E-state index contributed by atoms with van der Waals surface area (Å²) >= 11 is 5.99. The fraction of sp³-hybridized carbons (Fsp3) is 0.600. The summed E-state index contributed by atoms with van der Waals surface area (Å²) in [6.07, 6.45) is 0.919. The molecule has 3 atom stereocenters. The third-order valence-corrected chi connectivity index (χ3v) is 5.09. The second kappa shape index (κ2) is 8.44. The molecule has 0 N–H and O–H groups in total. The monoisotopic (exact) mass is 348 g/mol. The topological polar surface area (TPSA) is 54.0 Å². The van der Waals surface area contributed by atoms with E-state index in [4.69, 9.17) is 29.9 Å². The normalized spacial score (nSPS) is 26.8. The van der Waals surface area contributed by atoms with E-state index in [0.29, 0.717) is 24.7 Å². The maximum Gasteiger partial charge on any atom is 0.475 e. The molecule has 1 aliphatic rings. The largest absolute Gasteiger partial charge is 0.475 e. The summed E-state index contributed by atoms with van der Waals surface area (Å²) in [5.74, 6) is 0. The molecule has 1 aliphatic heterocycles. The summed E-state index contributed by atoms with van der Waals surface area (Å²) in [7, 11) is -3.56. The van der Waals surface area contributed by atoms with Gasteiger partial charge in [0.15, 0.2) is 0 Å². The van der Waals surface area contributed by atoms with Gasteiger partial charge in [-0.25, -0.2) is 4.57 Å². The molecule has 3 unspecified atom stereocenters. The zero-order valence-electron chi connectivity index (χ0n) is 12.9. The minimum atomic E-state index is -3.56. The Bertz CT molecular complexity index is 524. The average molecular weight is 349 g/mol. The van der Waals surface area contributed by atoms with Crippen LogP contribution in [0.1, 0.15) is 38.4 Å². The van der Waals surface area contributed by atoms with E-state index >= 15 is 0 Å². The molecule has 1 saturated heterocycles. The molecule has 0 bridgehead atoms. The average Bonchev–Trinajstić information content (AvgIpc) is 2.51. The maximum absolute atomic E-state index is 12.6. The summed E-state index contributed by atoms with van der Waals surface area (Å²) in [5.41, 5.74) is 0.872. The van der Waals surface area contributed by atoms with Gasteiger partial charge >= 0.3 is 7.82 Å². The van der Waals surface area contributed by atoms with Crippen molar-refractivity contribution in [3.63, 3.8) is 0 Å². The van der Waals surface area contributed by atoms with Crippen LogP contribution < -0.4 is 0 Å². The molecule has 1 fully saturated rings. The van der Waals surface area contributed by atoms with E-state index in [0.717, 1.165) is 12.0 Å². The van der Waals surface area contributed by atoms with E-state index in [2.05, 4.69) is 0 Å². The molecule has 7 heteroatoms. The van der Waals surface area contributed by atoms with Crippen LogP contribution in [0.3, 0.4) is 0 Å². The highest BCUT2D eigenvalue weighted by Crippen LogP contribution is 2.57. The highest BCUT2D eigenvalue weighted by atomic mass is 35.5. The van der Waals surface area contributed by atoms with Gasteiger partial charge in [0.25, 0.3) is 0 Å². The second-order valence-electron chi connectivity index (χ2n) is 5.00. The fourth-order valence-corrected chi connectivity index (χ4v) is 3.82. The first-order valence-corrected chi connectivity index (χ1v) is 9.34. The quantitative estimate of drug-likeness (QED) is 0.665. The van der Waals surface area contributed by atoms with E-state index in [1.807, 2.05) is 26.0 Å². The molecular formula is C15H22ClO5P. The van der Waals surface area contributed by atoms with Crippen molar-refractivity contribution in [1.82, 2.24) is 0 Å². The molecule has 124 valence electrons. The van der Waals surface area contributed by atoms with E-state index < -0.39 is 7.82 Å². The Labute approximate surface area is 136 Å². The number of hydrogen-bond acceptors (Lipinski definition) is 5. The number of rotatable bonds is 7. The molecule has 0 radical (unpaired) electrons. The minimum Gasteiger partial charge on any atom is -0.376 e. The van der Waals surface area contributed by atoms with E-state index in [9.17, 15) is 4.57 Å². The SMILES string of the molecule is CCOC(CC)COP1(=O)OCCC(c2cccc(Cl)c2)O1. The highest BCUT2D eigenvalue weighted by molar-refractivity contribution is 7.48. The summed E-state index contributed by atoms with van der Waals surface area (Å²) in [5, 5.41) is 0.616. The predicted octanol–water partition coefficient (Wildman–Crippen LogP) is 4.76. The van der Waals surface area contributed by atoms with Gasteiger partial charge in [0.05, 0.1) is 25.4 Å². The first-order chi connectivity index (χ1) is 10.6. The van der Waals surface area contributed by atoms with Crippen molar-refractivity contribution in [2.45, 2.75) is 38.9 Å². The number of phosphoric acid groups is 1. The number of phosphoric ester groups is 1.